The Hall–Kier alpha value is -5.15. The summed E-state index contributed by atoms with van der Waals surface area (Å²) in [5.74, 6) is -1.46. The highest BCUT2D eigenvalue weighted by Gasteiger charge is 2.54. The Morgan fingerprint density at radius 3 is 1.60 bits per heavy atom. The third-order valence-electron chi connectivity index (χ3n) is 9.20. The van der Waals surface area contributed by atoms with Crippen molar-refractivity contribution < 1.29 is 52.6 Å². The number of nitrogens with zero attached hydrogens (tertiary/aromatic N) is 3. The molecule has 10 unspecified atom stereocenters. The van der Waals surface area contributed by atoms with Crippen LogP contribution in [-0.4, -0.2) is 85.2 Å². The summed E-state index contributed by atoms with van der Waals surface area (Å²) in [6, 6.07) is 35.6. The van der Waals surface area contributed by atoms with Crippen LogP contribution < -0.4 is 0 Å². The first-order valence-corrected chi connectivity index (χ1v) is 17.9. The van der Waals surface area contributed by atoms with Gasteiger partial charge in [0, 0.05) is 4.91 Å². The van der Waals surface area contributed by atoms with Crippen molar-refractivity contribution in [2.75, 3.05) is 6.73 Å². The van der Waals surface area contributed by atoms with Crippen molar-refractivity contribution in [3.8, 4) is 0 Å². The third kappa shape index (κ3) is 10.3. The van der Waals surface area contributed by atoms with Crippen molar-refractivity contribution in [3.05, 3.63) is 154 Å². The summed E-state index contributed by atoms with van der Waals surface area (Å²) in [5.41, 5.74) is 11.2. The number of esters is 2. The molecule has 2 heterocycles. The molecular formula is C41H43N3O11. The fraction of sp³-hybridized carbons (Fsp3) is 0.366. The van der Waals surface area contributed by atoms with Gasteiger partial charge in [-0.05, 0) is 54.8 Å². The second-order valence-corrected chi connectivity index (χ2v) is 13.0. The van der Waals surface area contributed by atoms with Gasteiger partial charge in [-0.3, -0.25) is 0 Å². The first-order chi connectivity index (χ1) is 26.8. The molecule has 55 heavy (non-hydrogen) atoms. The first kappa shape index (κ1) is 39.5. The Bertz CT molecular complexity index is 1850. The summed E-state index contributed by atoms with van der Waals surface area (Å²) in [7, 11) is 0. The Morgan fingerprint density at radius 1 is 0.618 bits per heavy atom. The van der Waals surface area contributed by atoms with Gasteiger partial charge in [-0.15, -0.1) is 0 Å². The van der Waals surface area contributed by atoms with Crippen LogP contribution in [0.3, 0.4) is 0 Å². The summed E-state index contributed by atoms with van der Waals surface area (Å²) < 4.78 is 49.5. The van der Waals surface area contributed by atoms with Gasteiger partial charge in [-0.2, -0.15) is 0 Å². The summed E-state index contributed by atoms with van der Waals surface area (Å²) in [6.07, 6.45) is -11.6. The zero-order valence-electron chi connectivity index (χ0n) is 30.3. The molecule has 288 valence electrons. The molecule has 2 aliphatic rings. The van der Waals surface area contributed by atoms with Crippen LogP contribution in [0.15, 0.2) is 126 Å². The Kier molecular flexibility index (Phi) is 14.0. The number of ether oxygens (including phenoxy) is 8. The highest BCUT2D eigenvalue weighted by atomic mass is 16.8. The molecule has 4 aromatic rings. The molecule has 4 aromatic carbocycles. The molecular weight excluding hydrogens is 710 g/mol. The Morgan fingerprint density at radius 2 is 1.07 bits per heavy atom. The second kappa shape index (κ2) is 19.4. The van der Waals surface area contributed by atoms with E-state index in [9.17, 15) is 14.7 Å². The maximum atomic E-state index is 13.6. The van der Waals surface area contributed by atoms with E-state index in [1.807, 2.05) is 60.7 Å². The van der Waals surface area contributed by atoms with Crippen molar-refractivity contribution in [2.45, 2.75) is 88.5 Å². The van der Waals surface area contributed by atoms with Gasteiger partial charge in [-0.25, -0.2) is 9.59 Å². The predicted octanol–water partition coefficient (Wildman–Crippen LogP) is 6.13. The van der Waals surface area contributed by atoms with Crippen LogP contribution in [0.25, 0.3) is 10.4 Å². The number of carbonyl (C=O) groups excluding carboxylic acids is 2. The van der Waals surface area contributed by atoms with Crippen LogP contribution in [0.1, 0.15) is 45.7 Å². The number of benzene rings is 4. The topological polar surface area (TPSA) is 177 Å². The Balaban J connectivity index is 1.33. The lowest BCUT2D eigenvalue weighted by atomic mass is 9.96. The molecule has 14 nitrogen and oxygen atoms in total. The van der Waals surface area contributed by atoms with Crippen molar-refractivity contribution in [1.29, 1.82) is 0 Å². The van der Waals surface area contributed by atoms with E-state index in [0.717, 1.165) is 11.1 Å². The number of azide groups is 1. The minimum Gasteiger partial charge on any atom is -0.453 e. The number of carbonyl (C=O) groups is 2. The van der Waals surface area contributed by atoms with Crippen LogP contribution in [-0.2, 0) is 51.1 Å². The molecule has 0 bridgehead atoms. The smallest absolute Gasteiger partial charge is 0.338 e. The van der Waals surface area contributed by atoms with Gasteiger partial charge < -0.3 is 43.0 Å². The van der Waals surface area contributed by atoms with Gasteiger partial charge in [0.1, 0.15) is 31.1 Å². The van der Waals surface area contributed by atoms with E-state index in [1.54, 1.807) is 74.5 Å². The summed E-state index contributed by atoms with van der Waals surface area (Å²) in [4.78, 5) is 29.8. The molecule has 14 heteroatoms. The zero-order chi connectivity index (χ0) is 38.6. The summed E-state index contributed by atoms with van der Waals surface area (Å²) in [5, 5.41) is 15.5. The minimum atomic E-state index is -1.46. The third-order valence-corrected chi connectivity index (χ3v) is 9.20. The molecule has 2 fully saturated rings. The maximum Gasteiger partial charge on any atom is 0.338 e. The predicted molar refractivity (Wildman–Crippen MR) is 196 cm³/mol. The van der Waals surface area contributed by atoms with Crippen molar-refractivity contribution in [3.63, 3.8) is 0 Å². The van der Waals surface area contributed by atoms with Crippen LogP contribution in [0, 0.1) is 0 Å². The van der Waals surface area contributed by atoms with Gasteiger partial charge in [0.15, 0.2) is 24.8 Å². The van der Waals surface area contributed by atoms with E-state index < -0.39 is 80.1 Å². The molecule has 1 N–H and O–H groups in total. The van der Waals surface area contributed by atoms with E-state index in [0.29, 0.717) is 0 Å². The summed E-state index contributed by atoms with van der Waals surface area (Å²) >= 11 is 0. The molecule has 0 saturated carbocycles. The quantitative estimate of drug-likeness (QED) is 0.0640. The van der Waals surface area contributed by atoms with Gasteiger partial charge in [0.25, 0.3) is 0 Å². The lowest BCUT2D eigenvalue weighted by Crippen LogP contribution is -2.65. The van der Waals surface area contributed by atoms with E-state index in [1.165, 1.54) is 0 Å². The normalized spacial score (nSPS) is 27.7. The fourth-order valence-corrected chi connectivity index (χ4v) is 6.42. The molecule has 6 rings (SSSR count). The van der Waals surface area contributed by atoms with Crippen molar-refractivity contribution in [1.82, 2.24) is 0 Å². The molecule has 0 aliphatic carbocycles. The van der Waals surface area contributed by atoms with Gasteiger partial charge in [0.2, 0.25) is 0 Å². The number of aliphatic hydroxyl groups excluding tert-OH is 1. The average molecular weight is 754 g/mol. The standard InChI is InChI=1S/C41H43N3O11/c1-26-33(48-23-28-15-7-3-8-16-28)35(49-24-29-17-9-4-10-18-29)32(45)40(51-26)55-36-34(53-38(46)30-19-11-5-12-20-30)27(2)52-41(50-25-43-44-42)37(36)54-39(47)31-21-13-6-14-22-31/h3-22,26-27,32-37,40-41,45H,23-25H2,1-2H3. The highest BCUT2D eigenvalue weighted by molar-refractivity contribution is 5.90. The van der Waals surface area contributed by atoms with Crippen molar-refractivity contribution in [2.24, 2.45) is 5.11 Å². The largest absolute Gasteiger partial charge is 0.453 e. The maximum absolute atomic E-state index is 13.6. The SMILES string of the molecule is CC1OC(OC2C(OC(=O)c3ccccc3)C(C)OC(OCN=[N+]=[N-])C2OC(=O)c2ccccc2)C(O)C(OCc2ccccc2)C1OCc1ccccc1. The monoisotopic (exact) mass is 753 g/mol. The average Bonchev–Trinajstić information content (AvgIpc) is 3.22. The molecule has 0 amide bonds. The summed E-state index contributed by atoms with van der Waals surface area (Å²) in [6.45, 7) is 3.28. The fourth-order valence-electron chi connectivity index (χ4n) is 6.42. The number of aliphatic hydroxyl groups is 1. The van der Waals surface area contributed by atoms with Gasteiger partial charge in [0.05, 0.1) is 36.5 Å². The first-order valence-electron chi connectivity index (χ1n) is 17.9. The minimum absolute atomic E-state index is 0.144. The van der Waals surface area contributed by atoms with E-state index >= 15 is 0 Å². The van der Waals surface area contributed by atoms with Gasteiger partial charge in [-0.1, -0.05) is 102 Å². The van der Waals surface area contributed by atoms with E-state index in [2.05, 4.69) is 10.0 Å². The van der Waals surface area contributed by atoms with E-state index in [4.69, 9.17) is 43.4 Å². The number of hydrogen-bond acceptors (Lipinski definition) is 12. The lowest BCUT2D eigenvalue weighted by molar-refractivity contribution is -0.358. The van der Waals surface area contributed by atoms with Crippen LogP contribution in [0.4, 0.5) is 0 Å². The molecule has 2 saturated heterocycles. The van der Waals surface area contributed by atoms with Crippen molar-refractivity contribution >= 4 is 11.9 Å². The van der Waals surface area contributed by atoms with Crippen LogP contribution >= 0.6 is 0 Å². The molecule has 10 atom stereocenters. The number of rotatable bonds is 15. The second-order valence-electron chi connectivity index (χ2n) is 13.0. The Labute approximate surface area is 318 Å². The van der Waals surface area contributed by atoms with Crippen LogP contribution in [0.2, 0.25) is 0 Å². The van der Waals surface area contributed by atoms with Crippen LogP contribution in [0.5, 0.6) is 0 Å². The van der Waals surface area contributed by atoms with Gasteiger partial charge >= 0.3 is 11.9 Å². The lowest BCUT2D eigenvalue weighted by Gasteiger charge is -2.48. The molecule has 0 aromatic heterocycles. The zero-order valence-corrected chi connectivity index (χ0v) is 30.3. The molecule has 2 aliphatic heterocycles. The molecule has 0 radical (unpaired) electrons. The van der Waals surface area contributed by atoms with E-state index in [-0.39, 0.29) is 24.3 Å². The molecule has 0 spiro atoms. The highest BCUT2D eigenvalue weighted by Crippen LogP contribution is 2.35. The number of hydrogen-bond donors (Lipinski definition) is 1.